The molecular weight excluding hydrogens is 371 g/mol. The van der Waals surface area contributed by atoms with Crippen molar-refractivity contribution in [3.63, 3.8) is 0 Å². The summed E-state index contributed by atoms with van der Waals surface area (Å²) in [6.45, 7) is 3.37. The fourth-order valence-corrected chi connectivity index (χ4v) is 2.83. The minimum absolute atomic E-state index is 0.104. The molecule has 0 saturated heterocycles. The predicted molar refractivity (Wildman–Crippen MR) is 99.4 cm³/mol. The summed E-state index contributed by atoms with van der Waals surface area (Å²) < 4.78 is 46.6. The fourth-order valence-electron chi connectivity index (χ4n) is 2.83. The van der Waals surface area contributed by atoms with Crippen molar-refractivity contribution in [3.8, 4) is 17.2 Å². The molecule has 146 valence electrons. The highest BCUT2D eigenvalue weighted by atomic mass is 19.4. The van der Waals surface area contributed by atoms with E-state index >= 15 is 0 Å². The van der Waals surface area contributed by atoms with Crippen molar-refractivity contribution in [2.45, 2.75) is 26.3 Å². The lowest BCUT2D eigenvalue weighted by molar-refractivity contribution is -0.274. The van der Waals surface area contributed by atoms with Gasteiger partial charge in [0.05, 0.1) is 6.04 Å². The van der Waals surface area contributed by atoms with Crippen molar-refractivity contribution in [2.75, 3.05) is 0 Å². The number of fused-ring (bicyclic) bond motifs is 1. The second kappa shape index (κ2) is 7.80. The van der Waals surface area contributed by atoms with Crippen LogP contribution in [0.25, 0.3) is 10.8 Å². The first kappa shape index (κ1) is 19.5. The van der Waals surface area contributed by atoms with Crippen LogP contribution < -0.4 is 14.8 Å². The van der Waals surface area contributed by atoms with Gasteiger partial charge in [0.15, 0.2) is 0 Å². The van der Waals surface area contributed by atoms with Crippen LogP contribution in [0.1, 0.15) is 25.5 Å². The van der Waals surface area contributed by atoms with Crippen molar-refractivity contribution in [2.24, 2.45) is 0 Å². The second-order valence-electron chi connectivity index (χ2n) is 6.32. The van der Waals surface area contributed by atoms with Gasteiger partial charge in [-0.3, -0.25) is 4.79 Å². The Balaban J connectivity index is 1.79. The van der Waals surface area contributed by atoms with Crippen LogP contribution in [0.3, 0.4) is 0 Å². The molecule has 0 bridgehead atoms. The maximum atomic E-state index is 12.3. The number of carbonyl (C=O) groups is 1. The minimum atomic E-state index is -4.76. The lowest BCUT2D eigenvalue weighted by Crippen LogP contribution is -2.23. The standard InChI is InChI=1S/C21H18F3NO3/c1-13(25-14(2)26)15-6-7-17-11-19(9-8-16(17)10-15)27-18-4-3-5-20(12-18)28-21(22,23)24/h3-13H,1-2H3,(H,25,26). The average molecular weight is 389 g/mol. The summed E-state index contributed by atoms with van der Waals surface area (Å²) in [6.07, 6.45) is -4.76. The van der Waals surface area contributed by atoms with E-state index in [1.807, 2.05) is 31.2 Å². The van der Waals surface area contributed by atoms with Gasteiger partial charge in [-0.25, -0.2) is 0 Å². The number of hydrogen-bond acceptors (Lipinski definition) is 3. The Morgan fingerprint density at radius 3 is 2.29 bits per heavy atom. The second-order valence-corrected chi connectivity index (χ2v) is 6.32. The molecule has 0 aliphatic heterocycles. The molecule has 1 unspecified atom stereocenters. The van der Waals surface area contributed by atoms with Crippen molar-refractivity contribution < 1.29 is 27.4 Å². The monoisotopic (exact) mass is 389 g/mol. The number of hydrogen-bond donors (Lipinski definition) is 1. The summed E-state index contributed by atoms with van der Waals surface area (Å²) in [5.41, 5.74) is 0.966. The molecule has 3 aromatic rings. The normalized spacial score (nSPS) is 12.5. The Kier molecular flexibility index (Phi) is 5.44. The van der Waals surface area contributed by atoms with Crippen LogP contribution in [0.2, 0.25) is 0 Å². The quantitative estimate of drug-likeness (QED) is 0.606. The number of amides is 1. The first-order chi connectivity index (χ1) is 13.2. The zero-order valence-corrected chi connectivity index (χ0v) is 15.2. The van der Waals surface area contributed by atoms with Crippen LogP contribution in [0.15, 0.2) is 60.7 Å². The molecule has 1 atom stereocenters. The number of rotatable bonds is 5. The Hall–Kier alpha value is -3.22. The molecule has 3 rings (SSSR count). The van der Waals surface area contributed by atoms with Gasteiger partial charge in [-0.15, -0.1) is 13.2 Å². The van der Waals surface area contributed by atoms with E-state index in [9.17, 15) is 18.0 Å². The van der Waals surface area contributed by atoms with Gasteiger partial charge in [-0.1, -0.05) is 24.3 Å². The third-order valence-electron chi connectivity index (χ3n) is 4.03. The lowest BCUT2D eigenvalue weighted by atomic mass is 10.0. The van der Waals surface area contributed by atoms with E-state index in [0.29, 0.717) is 5.75 Å². The molecule has 0 spiro atoms. The summed E-state index contributed by atoms with van der Waals surface area (Å²) in [5.74, 6) is 0.270. The first-order valence-electron chi connectivity index (χ1n) is 8.54. The maximum absolute atomic E-state index is 12.3. The molecule has 0 fully saturated rings. The maximum Gasteiger partial charge on any atom is 0.573 e. The van der Waals surface area contributed by atoms with Crippen LogP contribution in [-0.2, 0) is 4.79 Å². The smallest absolute Gasteiger partial charge is 0.457 e. The van der Waals surface area contributed by atoms with Gasteiger partial charge in [0.25, 0.3) is 0 Å². The van der Waals surface area contributed by atoms with Gasteiger partial charge in [0.2, 0.25) is 5.91 Å². The number of carbonyl (C=O) groups excluding carboxylic acids is 1. The van der Waals surface area contributed by atoms with Crippen molar-refractivity contribution in [1.29, 1.82) is 0 Å². The molecule has 7 heteroatoms. The van der Waals surface area contributed by atoms with E-state index in [-0.39, 0.29) is 23.4 Å². The van der Waals surface area contributed by atoms with E-state index < -0.39 is 6.36 Å². The molecule has 3 aromatic carbocycles. The number of nitrogens with one attached hydrogen (secondary N) is 1. The largest absolute Gasteiger partial charge is 0.573 e. The third-order valence-corrected chi connectivity index (χ3v) is 4.03. The van der Waals surface area contributed by atoms with Gasteiger partial charge in [-0.05, 0) is 53.6 Å². The molecule has 0 heterocycles. The highest BCUT2D eigenvalue weighted by Gasteiger charge is 2.31. The van der Waals surface area contributed by atoms with E-state index in [4.69, 9.17) is 4.74 Å². The Morgan fingerprint density at radius 2 is 1.57 bits per heavy atom. The van der Waals surface area contributed by atoms with Crippen molar-refractivity contribution in [1.82, 2.24) is 5.32 Å². The van der Waals surface area contributed by atoms with Crippen LogP contribution in [0.5, 0.6) is 17.2 Å². The molecular formula is C21H18F3NO3. The van der Waals surface area contributed by atoms with E-state index in [0.717, 1.165) is 16.3 Å². The van der Waals surface area contributed by atoms with E-state index in [2.05, 4.69) is 10.1 Å². The molecule has 1 N–H and O–H groups in total. The topological polar surface area (TPSA) is 47.6 Å². The third kappa shape index (κ3) is 5.16. The van der Waals surface area contributed by atoms with E-state index in [1.54, 1.807) is 18.2 Å². The number of ether oxygens (including phenoxy) is 2. The van der Waals surface area contributed by atoms with Crippen molar-refractivity contribution in [3.05, 3.63) is 66.2 Å². The van der Waals surface area contributed by atoms with Crippen LogP contribution in [0.4, 0.5) is 13.2 Å². The minimum Gasteiger partial charge on any atom is -0.457 e. The van der Waals surface area contributed by atoms with E-state index in [1.165, 1.54) is 25.1 Å². The molecule has 0 aromatic heterocycles. The van der Waals surface area contributed by atoms with Crippen LogP contribution in [-0.4, -0.2) is 12.3 Å². The predicted octanol–water partition coefficient (Wildman–Crippen LogP) is 5.73. The molecule has 0 aliphatic carbocycles. The molecule has 0 saturated carbocycles. The lowest BCUT2D eigenvalue weighted by Gasteiger charge is -2.14. The summed E-state index contributed by atoms with van der Waals surface area (Å²) in [7, 11) is 0. The number of benzene rings is 3. The molecule has 28 heavy (non-hydrogen) atoms. The Morgan fingerprint density at radius 1 is 0.929 bits per heavy atom. The van der Waals surface area contributed by atoms with Crippen LogP contribution >= 0.6 is 0 Å². The SMILES string of the molecule is CC(=O)NC(C)c1ccc2cc(Oc3cccc(OC(F)(F)F)c3)ccc2c1. The average Bonchev–Trinajstić information content (AvgIpc) is 2.59. The summed E-state index contributed by atoms with van der Waals surface area (Å²) in [6, 6.07) is 16.4. The highest BCUT2D eigenvalue weighted by molar-refractivity contribution is 5.85. The summed E-state index contributed by atoms with van der Waals surface area (Å²) in [4.78, 5) is 11.2. The van der Waals surface area contributed by atoms with Crippen molar-refractivity contribution >= 4 is 16.7 Å². The first-order valence-corrected chi connectivity index (χ1v) is 8.54. The van der Waals surface area contributed by atoms with Crippen LogP contribution in [0, 0.1) is 0 Å². The highest BCUT2D eigenvalue weighted by Crippen LogP contribution is 2.31. The summed E-state index contributed by atoms with van der Waals surface area (Å²) >= 11 is 0. The summed E-state index contributed by atoms with van der Waals surface area (Å²) in [5, 5.41) is 4.69. The molecule has 0 aliphatic rings. The van der Waals surface area contributed by atoms with Gasteiger partial charge >= 0.3 is 6.36 Å². The van der Waals surface area contributed by atoms with Gasteiger partial charge in [0.1, 0.15) is 17.2 Å². The van der Waals surface area contributed by atoms with Gasteiger partial charge < -0.3 is 14.8 Å². The number of halogens is 3. The fraction of sp³-hybridized carbons (Fsp3) is 0.190. The molecule has 4 nitrogen and oxygen atoms in total. The Labute approximate surface area is 159 Å². The molecule has 1 amide bonds. The zero-order chi connectivity index (χ0) is 20.3. The Bertz CT molecular complexity index is 1000. The van der Waals surface area contributed by atoms with Gasteiger partial charge in [-0.2, -0.15) is 0 Å². The molecule has 0 radical (unpaired) electrons. The van der Waals surface area contributed by atoms with Gasteiger partial charge in [0, 0.05) is 13.0 Å². The zero-order valence-electron chi connectivity index (χ0n) is 15.2. The number of alkyl halides is 3.